The Morgan fingerprint density at radius 3 is 2.35 bits per heavy atom. The normalized spacial score (nSPS) is 38.9. The van der Waals surface area contributed by atoms with Crippen molar-refractivity contribution >= 4 is 0 Å². The summed E-state index contributed by atoms with van der Waals surface area (Å²) in [5.74, 6) is 1.27. The first kappa shape index (κ1) is 16.2. The number of ether oxygens (including phenoxy) is 2. The van der Waals surface area contributed by atoms with Gasteiger partial charge in [-0.2, -0.15) is 0 Å². The first-order chi connectivity index (χ1) is 9.72. The van der Waals surface area contributed by atoms with Gasteiger partial charge in [0, 0.05) is 7.11 Å². The number of halogens is 1. The first-order valence-electron chi connectivity index (χ1n) is 8.12. The highest BCUT2D eigenvalue weighted by Gasteiger charge is 2.32. The Bertz CT molecular complexity index is 266. The van der Waals surface area contributed by atoms with Gasteiger partial charge < -0.3 is 14.6 Å². The van der Waals surface area contributed by atoms with Gasteiger partial charge in [0.2, 0.25) is 0 Å². The van der Waals surface area contributed by atoms with E-state index in [0.717, 1.165) is 31.6 Å². The van der Waals surface area contributed by atoms with E-state index in [0.29, 0.717) is 25.0 Å². The maximum atomic E-state index is 13.9. The maximum Gasteiger partial charge on any atom is 0.126 e. The molecule has 0 bridgehead atoms. The fourth-order valence-corrected chi connectivity index (χ4v) is 3.87. The Hall–Kier alpha value is -0.190. The fraction of sp³-hybridized carbons (Fsp3) is 1.00. The van der Waals surface area contributed by atoms with Crippen molar-refractivity contribution in [1.82, 2.24) is 0 Å². The molecule has 3 atom stereocenters. The molecule has 0 amide bonds. The highest BCUT2D eigenvalue weighted by Crippen LogP contribution is 2.37. The lowest BCUT2D eigenvalue weighted by Crippen LogP contribution is -2.33. The zero-order chi connectivity index (χ0) is 14.4. The second-order valence-corrected chi connectivity index (χ2v) is 6.44. The summed E-state index contributed by atoms with van der Waals surface area (Å²) >= 11 is 0. The van der Waals surface area contributed by atoms with Crippen LogP contribution < -0.4 is 0 Å². The topological polar surface area (TPSA) is 38.7 Å². The van der Waals surface area contributed by atoms with E-state index >= 15 is 0 Å². The first-order valence-corrected chi connectivity index (χ1v) is 8.12. The summed E-state index contributed by atoms with van der Waals surface area (Å²) in [5, 5.41) is 8.76. The minimum Gasteiger partial charge on any atom is -0.394 e. The van der Waals surface area contributed by atoms with E-state index in [9.17, 15) is 4.39 Å². The average molecular weight is 288 g/mol. The van der Waals surface area contributed by atoms with Crippen LogP contribution in [0.25, 0.3) is 0 Å². The lowest BCUT2D eigenvalue weighted by atomic mass is 9.76. The van der Waals surface area contributed by atoms with Gasteiger partial charge in [0.15, 0.2) is 0 Å². The molecular formula is C16H29FO3. The Balaban J connectivity index is 1.66. The van der Waals surface area contributed by atoms with E-state index < -0.39 is 6.17 Å². The Kier molecular flexibility index (Phi) is 6.72. The molecule has 20 heavy (non-hydrogen) atoms. The van der Waals surface area contributed by atoms with Gasteiger partial charge in [0.05, 0.1) is 25.4 Å². The molecule has 3 nitrogen and oxygen atoms in total. The van der Waals surface area contributed by atoms with Crippen LogP contribution in [0.4, 0.5) is 4.39 Å². The van der Waals surface area contributed by atoms with Crippen molar-refractivity contribution in [3.05, 3.63) is 0 Å². The molecule has 0 aromatic rings. The third-order valence-corrected chi connectivity index (χ3v) is 5.03. The quantitative estimate of drug-likeness (QED) is 0.816. The molecule has 0 aromatic heterocycles. The Labute approximate surface area is 121 Å². The third kappa shape index (κ3) is 4.68. The number of rotatable bonds is 6. The molecule has 0 saturated heterocycles. The van der Waals surface area contributed by atoms with Crippen molar-refractivity contribution in [1.29, 1.82) is 0 Å². The summed E-state index contributed by atoms with van der Waals surface area (Å²) in [5.41, 5.74) is 0. The van der Waals surface area contributed by atoms with Crippen molar-refractivity contribution in [3.63, 3.8) is 0 Å². The molecule has 4 heteroatoms. The summed E-state index contributed by atoms with van der Waals surface area (Å²) in [7, 11) is 1.62. The van der Waals surface area contributed by atoms with Gasteiger partial charge in [0.25, 0.3) is 0 Å². The summed E-state index contributed by atoms with van der Waals surface area (Å²) in [6.45, 7) is 0.570. The fourth-order valence-electron chi connectivity index (χ4n) is 3.87. The number of alkyl halides is 1. The molecule has 2 aliphatic rings. The van der Waals surface area contributed by atoms with Crippen LogP contribution in [0.3, 0.4) is 0 Å². The van der Waals surface area contributed by atoms with Gasteiger partial charge in [-0.15, -0.1) is 0 Å². The predicted molar refractivity (Wildman–Crippen MR) is 76.4 cm³/mol. The molecule has 2 fully saturated rings. The number of hydrogen-bond acceptors (Lipinski definition) is 3. The van der Waals surface area contributed by atoms with Gasteiger partial charge in [-0.25, -0.2) is 4.39 Å². The number of aliphatic hydroxyl groups is 1. The van der Waals surface area contributed by atoms with Crippen molar-refractivity contribution in [3.8, 4) is 0 Å². The lowest BCUT2D eigenvalue weighted by Gasteiger charge is -2.35. The van der Waals surface area contributed by atoms with Crippen LogP contribution in [0.15, 0.2) is 0 Å². The SMILES string of the molecule is COC1CCC(CC2CCC(OCCO)CC2)CC1F. The third-order valence-electron chi connectivity index (χ3n) is 5.03. The monoisotopic (exact) mass is 288 g/mol. The number of aliphatic hydroxyl groups excluding tert-OH is 1. The van der Waals surface area contributed by atoms with Gasteiger partial charge in [0.1, 0.15) is 6.17 Å². The van der Waals surface area contributed by atoms with Gasteiger partial charge in [-0.3, -0.25) is 0 Å². The lowest BCUT2D eigenvalue weighted by molar-refractivity contribution is -0.0197. The minimum absolute atomic E-state index is 0.112. The molecule has 0 heterocycles. The number of hydrogen-bond donors (Lipinski definition) is 1. The molecule has 0 spiro atoms. The molecule has 2 saturated carbocycles. The van der Waals surface area contributed by atoms with Crippen molar-refractivity contribution in [2.24, 2.45) is 11.8 Å². The average Bonchev–Trinajstić information content (AvgIpc) is 2.47. The molecule has 0 aliphatic heterocycles. The summed E-state index contributed by atoms with van der Waals surface area (Å²) in [6.07, 6.45) is 7.79. The zero-order valence-corrected chi connectivity index (χ0v) is 12.6. The van der Waals surface area contributed by atoms with Crippen LogP contribution in [-0.2, 0) is 9.47 Å². The van der Waals surface area contributed by atoms with Crippen LogP contribution in [0.1, 0.15) is 51.4 Å². The van der Waals surface area contributed by atoms with Crippen molar-refractivity contribution in [2.75, 3.05) is 20.3 Å². The molecule has 2 rings (SSSR count). The molecule has 118 valence electrons. The largest absolute Gasteiger partial charge is 0.394 e. The van der Waals surface area contributed by atoms with Gasteiger partial charge in [-0.05, 0) is 63.2 Å². The van der Waals surface area contributed by atoms with E-state index in [4.69, 9.17) is 14.6 Å². The highest BCUT2D eigenvalue weighted by molar-refractivity contribution is 4.83. The Morgan fingerprint density at radius 1 is 1.05 bits per heavy atom. The van der Waals surface area contributed by atoms with Crippen molar-refractivity contribution in [2.45, 2.75) is 69.7 Å². The van der Waals surface area contributed by atoms with E-state index in [1.807, 2.05) is 0 Å². The van der Waals surface area contributed by atoms with E-state index in [2.05, 4.69) is 0 Å². The Morgan fingerprint density at radius 2 is 1.75 bits per heavy atom. The molecule has 1 N–H and O–H groups in total. The van der Waals surface area contributed by atoms with E-state index in [-0.39, 0.29) is 12.7 Å². The summed E-state index contributed by atoms with van der Waals surface area (Å²) in [4.78, 5) is 0. The maximum absolute atomic E-state index is 13.9. The summed E-state index contributed by atoms with van der Waals surface area (Å²) in [6, 6.07) is 0. The van der Waals surface area contributed by atoms with Crippen molar-refractivity contribution < 1.29 is 19.0 Å². The smallest absolute Gasteiger partial charge is 0.126 e. The molecular weight excluding hydrogens is 259 g/mol. The number of methoxy groups -OCH3 is 1. The molecule has 2 aliphatic carbocycles. The predicted octanol–water partition coefficient (Wildman–Crippen LogP) is 3.10. The minimum atomic E-state index is -0.775. The van der Waals surface area contributed by atoms with Crippen LogP contribution in [0.5, 0.6) is 0 Å². The van der Waals surface area contributed by atoms with E-state index in [1.165, 1.54) is 19.3 Å². The van der Waals surface area contributed by atoms with Crippen LogP contribution in [-0.4, -0.2) is 43.8 Å². The highest BCUT2D eigenvalue weighted by atomic mass is 19.1. The second-order valence-electron chi connectivity index (χ2n) is 6.44. The van der Waals surface area contributed by atoms with Gasteiger partial charge >= 0.3 is 0 Å². The van der Waals surface area contributed by atoms with Crippen LogP contribution >= 0.6 is 0 Å². The van der Waals surface area contributed by atoms with Crippen LogP contribution in [0, 0.1) is 11.8 Å². The molecule has 0 radical (unpaired) electrons. The molecule has 0 aromatic carbocycles. The second kappa shape index (κ2) is 8.30. The summed E-state index contributed by atoms with van der Waals surface area (Å²) < 4.78 is 24.7. The van der Waals surface area contributed by atoms with E-state index in [1.54, 1.807) is 7.11 Å². The zero-order valence-electron chi connectivity index (χ0n) is 12.6. The molecule has 3 unspecified atom stereocenters. The van der Waals surface area contributed by atoms with Gasteiger partial charge in [-0.1, -0.05) is 0 Å². The standard InChI is InChI=1S/C16H29FO3/c1-19-16-7-4-13(11-15(16)17)10-12-2-5-14(6-3-12)20-9-8-18/h12-16,18H,2-11H2,1H3. The van der Waals surface area contributed by atoms with Crippen LogP contribution in [0.2, 0.25) is 0 Å².